The lowest BCUT2D eigenvalue weighted by Gasteiger charge is -2.36. The van der Waals surface area contributed by atoms with Crippen LogP contribution < -0.4 is 20.7 Å². The number of aryl methyl sites for hydroxylation is 3. The van der Waals surface area contributed by atoms with Crippen LogP contribution >= 0.6 is 22.9 Å². The number of thiazole rings is 1. The number of nitrogens with one attached hydrogen (secondary N) is 2. The second kappa shape index (κ2) is 25.0. The quantitative estimate of drug-likeness (QED) is 0.0642. The van der Waals surface area contributed by atoms with Crippen molar-refractivity contribution in [2.45, 2.75) is 72.1 Å². The number of hydrogen-bond donors (Lipinski definition) is 4. The molecule has 2 amide bonds. The lowest BCUT2D eigenvalue weighted by molar-refractivity contribution is -0.138. The van der Waals surface area contributed by atoms with Gasteiger partial charge in [-0.05, 0) is 131 Å². The zero-order valence-corrected chi connectivity index (χ0v) is 49.2. The number of likely N-dealkylation sites (N-methyl/N-ethyl adjacent to an activating group) is 1. The molecule has 0 bridgehead atoms. The first kappa shape index (κ1) is 58.7. The zero-order chi connectivity index (χ0) is 56.8. The summed E-state index contributed by atoms with van der Waals surface area (Å²) >= 11 is 7.61. The molecule has 0 radical (unpaired) electrons. The predicted molar refractivity (Wildman–Crippen MR) is 311 cm³/mol. The summed E-state index contributed by atoms with van der Waals surface area (Å²) in [5.41, 5.74) is 4.69. The zero-order valence-electron chi connectivity index (χ0n) is 45.7. The Hall–Kier alpha value is -6.40. The molecule has 0 spiro atoms. The van der Waals surface area contributed by atoms with E-state index in [9.17, 15) is 32.4 Å². The Morgan fingerprint density at radius 1 is 0.797 bits per heavy atom. The number of rotatable bonds is 13. The number of carbonyl (C=O) groups excluding carboxylic acids is 2. The normalized spacial score (nSPS) is 14.8. The van der Waals surface area contributed by atoms with Crippen LogP contribution in [0.4, 0.5) is 30.4 Å². The molecule has 4 N–H and O–H groups in total. The van der Waals surface area contributed by atoms with Gasteiger partial charge in [0.05, 0.1) is 39.4 Å². The Labute approximate surface area is 470 Å². The molecular weight excluding hydrogens is 1090 g/mol. The van der Waals surface area contributed by atoms with Gasteiger partial charge in [-0.15, -0.1) is 11.3 Å². The molecule has 2 fully saturated rings. The van der Waals surface area contributed by atoms with E-state index in [2.05, 4.69) is 62.2 Å². The van der Waals surface area contributed by atoms with Crippen molar-refractivity contribution in [3.63, 3.8) is 0 Å². The summed E-state index contributed by atoms with van der Waals surface area (Å²) < 4.78 is 43.6. The van der Waals surface area contributed by atoms with E-state index in [1.165, 1.54) is 23.5 Å². The van der Waals surface area contributed by atoms with Gasteiger partial charge in [-0.2, -0.15) is 18.3 Å². The van der Waals surface area contributed by atoms with E-state index in [4.69, 9.17) is 11.6 Å². The molecule has 16 nitrogen and oxygen atoms in total. The largest absolute Gasteiger partial charge is 0.432 e. The topological polar surface area (TPSA) is 180 Å². The van der Waals surface area contributed by atoms with Crippen molar-refractivity contribution in [1.82, 2.24) is 44.2 Å². The van der Waals surface area contributed by atoms with Crippen molar-refractivity contribution in [1.29, 1.82) is 0 Å². The van der Waals surface area contributed by atoms with Gasteiger partial charge >= 0.3 is 6.18 Å². The van der Waals surface area contributed by atoms with E-state index >= 15 is 0 Å². The monoisotopic (exact) mass is 1150 g/mol. The molecule has 23 heteroatoms. The second-order valence-corrected chi connectivity index (χ2v) is 30.6. The summed E-state index contributed by atoms with van der Waals surface area (Å²) in [6.45, 7) is 21.1. The smallest absolute Gasteiger partial charge is 0.416 e. The number of fused-ring (bicyclic) bond motifs is 1. The average Bonchev–Trinajstić information content (AvgIpc) is 4.10. The van der Waals surface area contributed by atoms with E-state index in [1.54, 1.807) is 66.5 Å². The average molecular weight is 1150 g/mol. The maximum absolute atomic E-state index is 14.0. The summed E-state index contributed by atoms with van der Waals surface area (Å²) in [7, 11) is -2.56. The first-order valence-electron chi connectivity index (χ1n) is 26.0. The summed E-state index contributed by atoms with van der Waals surface area (Å²) in [4.78, 5) is 73.9. The first-order chi connectivity index (χ1) is 37.3. The summed E-state index contributed by atoms with van der Waals surface area (Å²) in [5, 5.41) is 12.0. The van der Waals surface area contributed by atoms with E-state index in [-0.39, 0.29) is 29.3 Å². The number of anilines is 3. The third kappa shape index (κ3) is 15.9. The molecule has 0 saturated carbocycles. The highest BCUT2D eigenvalue weighted by Crippen LogP contribution is 2.35. The van der Waals surface area contributed by atoms with Crippen LogP contribution in [-0.4, -0.2) is 148 Å². The number of carbonyl (C=O) groups is 2. The molecular formula is C56H66ClF3N12O4SSi2. The van der Waals surface area contributed by atoms with Gasteiger partial charge in [0.1, 0.15) is 22.2 Å². The number of aromatic nitrogens is 6. The number of hydrogen-bond acceptors (Lipinski definition) is 14. The third-order valence-electron chi connectivity index (χ3n) is 13.7. The highest BCUT2D eigenvalue weighted by Gasteiger charge is 2.34. The minimum Gasteiger partial charge on any atom is -0.432 e. The van der Waals surface area contributed by atoms with Gasteiger partial charge in [-0.25, -0.2) is 24.5 Å². The molecule has 0 aliphatic carbocycles. The first-order valence-corrected chi connectivity index (χ1v) is 33.3. The molecule has 4 aromatic heterocycles. The van der Waals surface area contributed by atoms with Crippen LogP contribution in [0.1, 0.15) is 70.1 Å². The van der Waals surface area contributed by atoms with Crippen LogP contribution in [0, 0.1) is 32.6 Å². The molecule has 2 saturated heterocycles. The number of piperazine rings is 2. The molecule has 9 rings (SSSR count). The fourth-order valence-corrected chi connectivity index (χ4v) is 11.8. The number of benzene rings is 3. The molecule has 3 aromatic carbocycles. The number of amides is 2. The van der Waals surface area contributed by atoms with Crippen LogP contribution in [0.15, 0.2) is 85.3 Å². The molecule has 7 aromatic rings. The van der Waals surface area contributed by atoms with Gasteiger partial charge in [-0.3, -0.25) is 14.5 Å². The van der Waals surface area contributed by atoms with E-state index < -0.39 is 34.3 Å². The third-order valence-corrected chi connectivity index (χ3v) is 18.2. The molecule has 79 heavy (non-hydrogen) atoms. The van der Waals surface area contributed by atoms with Crippen molar-refractivity contribution >= 4 is 79.4 Å². The number of nitrogens with zero attached hydrogens (tertiary/aromatic N) is 10. The van der Waals surface area contributed by atoms with Gasteiger partial charge in [0.25, 0.3) is 11.8 Å². The maximum atomic E-state index is 14.0. The van der Waals surface area contributed by atoms with Crippen molar-refractivity contribution in [2.75, 3.05) is 81.5 Å². The van der Waals surface area contributed by atoms with Crippen LogP contribution in [0.3, 0.4) is 0 Å². The number of imidazole rings is 1. The molecule has 2 aliphatic heterocycles. The standard InChI is InChI=1S/C31H33F3N6O2Si.C25H33ClN6O2SSi/c1-21-5-6-23(15-22(21)8-10-26-18-35-29-17-27(43(3,4)42)19-36-40(26)29)30(41)37-25-9-7-24(28(16-25)31(32,33)34)20-39-13-11-38(2)12-14-39;1-17-6-5-7-20(26)24(17)30-25(33)21-16-27-23(35-21)15-19-14-22(29-18(2)28-19)32-10-8-31(9-11-32)12-13-36(3,4)34/h5-7,9,15-19,42H,11-14,20H2,1-4H3,(H,37,41);5-7,14,16,34H,8-13,15H2,1-4H3,(H,30,33). The SMILES string of the molecule is Cc1ccc(C(=O)Nc2ccc(CN3CCN(C)CC3)c(C(F)(F)F)c2)cc1C#Cc1cnc2cc([Si](C)(C)O)cnn12.Cc1nc(Cc2ncc(C(=O)Nc3c(C)cccc3Cl)s2)cc(N2CCN(CC[Si](C)(C)O)CC2)n1. The fourth-order valence-electron chi connectivity index (χ4n) is 8.95. The molecule has 416 valence electrons. The van der Waals surface area contributed by atoms with Gasteiger partial charge < -0.3 is 34.9 Å². The Balaban J connectivity index is 0.000000211. The van der Waals surface area contributed by atoms with Crippen molar-refractivity contribution in [2.24, 2.45) is 0 Å². The Morgan fingerprint density at radius 2 is 1.53 bits per heavy atom. The van der Waals surface area contributed by atoms with Crippen molar-refractivity contribution < 1.29 is 32.4 Å². The minimum absolute atomic E-state index is 0.0675. The van der Waals surface area contributed by atoms with Crippen molar-refractivity contribution in [3.8, 4) is 11.8 Å². The maximum Gasteiger partial charge on any atom is 0.416 e. The molecule has 2 aliphatic rings. The van der Waals surface area contributed by atoms with Gasteiger partial charge in [-0.1, -0.05) is 41.8 Å². The lowest BCUT2D eigenvalue weighted by Crippen LogP contribution is -2.48. The summed E-state index contributed by atoms with van der Waals surface area (Å²) in [5.74, 6) is 6.99. The Morgan fingerprint density at radius 3 is 2.23 bits per heavy atom. The van der Waals surface area contributed by atoms with E-state index in [0.29, 0.717) is 52.0 Å². The summed E-state index contributed by atoms with van der Waals surface area (Å²) in [6, 6.07) is 19.2. The Bertz CT molecular complexity index is 3370. The lowest BCUT2D eigenvalue weighted by atomic mass is 10.0. The highest BCUT2D eigenvalue weighted by atomic mass is 35.5. The van der Waals surface area contributed by atoms with E-state index in [0.717, 1.165) is 96.6 Å². The number of para-hydroxylation sites is 1. The van der Waals surface area contributed by atoms with Crippen LogP contribution in [0.2, 0.25) is 37.3 Å². The minimum atomic E-state index is -4.56. The molecule has 0 atom stereocenters. The second-order valence-electron chi connectivity index (χ2n) is 21.2. The fraction of sp³-hybridized carbons (Fsp3) is 0.375. The van der Waals surface area contributed by atoms with Gasteiger partial charge in [0.2, 0.25) is 8.32 Å². The predicted octanol–water partition coefficient (Wildman–Crippen LogP) is 8.23. The Kier molecular flexibility index (Phi) is 18.6. The van der Waals surface area contributed by atoms with Gasteiger partial charge in [0.15, 0.2) is 14.0 Å². The number of alkyl halides is 3. The van der Waals surface area contributed by atoms with Crippen LogP contribution in [-0.2, 0) is 19.1 Å². The summed E-state index contributed by atoms with van der Waals surface area (Å²) in [6.07, 6.45) is 0.787. The van der Waals surface area contributed by atoms with E-state index in [1.807, 2.05) is 64.0 Å². The van der Waals surface area contributed by atoms with Crippen molar-refractivity contribution in [3.05, 3.63) is 151 Å². The number of halogens is 4. The van der Waals surface area contributed by atoms with Crippen LogP contribution in [0.25, 0.3) is 5.65 Å². The van der Waals surface area contributed by atoms with Gasteiger partial charge in [0, 0.05) is 94.4 Å². The molecule has 0 unspecified atom stereocenters. The van der Waals surface area contributed by atoms with Crippen LogP contribution in [0.5, 0.6) is 0 Å². The molecule has 6 heterocycles. The highest BCUT2D eigenvalue weighted by molar-refractivity contribution is 7.13.